The van der Waals surface area contributed by atoms with Crippen LogP contribution in [0.2, 0.25) is 0 Å². The Labute approximate surface area is 159 Å². The highest BCUT2D eigenvalue weighted by Gasteiger charge is 2.17. The second-order valence-corrected chi connectivity index (χ2v) is 6.78. The first kappa shape index (κ1) is 20.3. The lowest BCUT2D eigenvalue weighted by atomic mass is 9.82. The molecule has 0 unspecified atom stereocenters. The van der Waals surface area contributed by atoms with Crippen LogP contribution in [0.3, 0.4) is 0 Å². The molecule has 2 aromatic carbocycles. The van der Waals surface area contributed by atoms with Crippen LogP contribution < -0.4 is 20.3 Å². The number of rotatable bonds is 7. The molecule has 0 atom stereocenters. The number of nitrogens with one attached hydrogen (secondary N) is 2. The van der Waals surface area contributed by atoms with Crippen molar-refractivity contribution in [2.24, 2.45) is 0 Å². The quantitative estimate of drug-likeness (QED) is 0.734. The van der Waals surface area contributed by atoms with E-state index in [2.05, 4.69) is 31.6 Å². The SMILES string of the molecule is CCC(C)(C)c1ccc(OCC(=O)NNC(=O)c2ccc(OC)cc2)cc1. The van der Waals surface area contributed by atoms with Gasteiger partial charge < -0.3 is 9.47 Å². The van der Waals surface area contributed by atoms with Crippen LogP contribution in [0.1, 0.15) is 43.1 Å². The number of hydrogen-bond acceptors (Lipinski definition) is 4. The fraction of sp³-hybridized carbons (Fsp3) is 0.333. The van der Waals surface area contributed by atoms with Gasteiger partial charge in [0.05, 0.1) is 7.11 Å². The van der Waals surface area contributed by atoms with Crippen molar-refractivity contribution in [1.29, 1.82) is 0 Å². The molecule has 2 N–H and O–H groups in total. The average Bonchev–Trinajstić information content (AvgIpc) is 2.70. The number of carbonyl (C=O) groups excluding carboxylic acids is 2. The summed E-state index contributed by atoms with van der Waals surface area (Å²) in [5, 5.41) is 0. The number of hydrogen-bond donors (Lipinski definition) is 2. The van der Waals surface area contributed by atoms with E-state index in [1.807, 2.05) is 24.3 Å². The van der Waals surface area contributed by atoms with Gasteiger partial charge in [0.2, 0.25) is 0 Å². The van der Waals surface area contributed by atoms with E-state index < -0.39 is 11.8 Å². The Morgan fingerprint density at radius 2 is 1.52 bits per heavy atom. The minimum absolute atomic E-state index is 0.0989. The van der Waals surface area contributed by atoms with Gasteiger partial charge in [-0.3, -0.25) is 20.4 Å². The molecule has 0 aliphatic rings. The molecule has 0 spiro atoms. The summed E-state index contributed by atoms with van der Waals surface area (Å²) in [6.07, 6.45) is 1.03. The predicted molar refractivity (Wildman–Crippen MR) is 104 cm³/mol. The summed E-state index contributed by atoms with van der Waals surface area (Å²) < 4.78 is 10.5. The molecule has 0 fully saturated rings. The third-order valence-electron chi connectivity index (χ3n) is 4.56. The van der Waals surface area contributed by atoms with Gasteiger partial charge in [-0.1, -0.05) is 32.9 Å². The summed E-state index contributed by atoms with van der Waals surface area (Å²) in [4.78, 5) is 23.8. The van der Waals surface area contributed by atoms with Crippen LogP contribution >= 0.6 is 0 Å². The van der Waals surface area contributed by atoms with Gasteiger partial charge in [-0.15, -0.1) is 0 Å². The standard InChI is InChI=1S/C21H26N2O4/c1-5-21(2,3)16-8-12-18(13-9-16)27-14-19(24)22-23-20(25)15-6-10-17(26-4)11-7-15/h6-13H,5,14H2,1-4H3,(H,22,24)(H,23,25). The van der Waals surface area contributed by atoms with Gasteiger partial charge >= 0.3 is 0 Å². The summed E-state index contributed by atoms with van der Waals surface area (Å²) in [5.41, 5.74) is 6.40. The Morgan fingerprint density at radius 3 is 2.07 bits per heavy atom. The van der Waals surface area contributed by atoms with Crippen LogP contribution in [0.5, 0.6) is 11.5 Å². The molecule has 144 valence electrons. The number of amides is 2. The van der Waals surface area contributed by atoms with Gasteiger partial charge in [-0.2, -0.15) is 0 Å². The Bertz CT molecular complexity index is 768. The molecule has 27 heavy (non-hydrogen) atoms. The number of ether oxygens (including phenoxy) is 2. The lowest BCUT2D eigenvalue weighted by molar-refractivity contribution is -0.123. The van der Waals surface area contributed by atoms with E-state index in [0.29, 0.717) is 17.1 Å². The van der Waals surface area contributed by atoms with Gasteiger partial charge in [0.15, 0.2) is 6.61 Å². The zero-order valence-electron chi connectivity index (χ0n) is 16.2. The van der Waals surface area contributed by atoms with Crippen LogP contribution in [0.25, 0.3) is 0 Å². The summed E-state index contributed by atoms with van der Waals surface area (Å²) >= 11 is 0. The van der Waals surface area contributed by atoms with Crippen LogP contribution in [-0.2, 0) is 10.2 Å². The summed E-state index contributed by atoms with van der Waals surface area (Å²) in [5.74, 6) is 0.381. The minimum Gasteiger partial charge on any atom is -0.497 e. The predicted octanol–water partition coefficient (Wildman–Crippen LogP) is 3.22. The maximum atomic E-state index is 12.0. The zero-order valence-corrected chi connectivity index (χ0v) is 16.2. The third kappa shape index (κ3) is 5.74. The minimum atomic E-state index is -0.449. The first-order chi connectivity index (χ1) is 12.9. The van der Waals surface area contributed by atoms with Crippen molar-refractivity contribution in [1.82, 2.24) is 10.9 Å². The first-order valence-corrected chi connectivity index (χ1v) is 8.82. The smallest absolute Gasteiger partial charge is 0.276 e. The Hall–Kier alpha value is -3.02. The van der Waals surface area contributed by atoms with E-state index in [-0.39, 0.29) is 12.0 Å². The van der Waals surface area contributed by atoms with Crippen molar-refractivity contribution in [3.8, 4) is 11.5 Å². The maximum absolute atomic E-state index is 12.0. The molecular formula is C21H26N2O4. The summed E-state index contributed by atoms with van der Waals surface area (Å²) in [6, 6.07) is 14.2. The van der Waals surface area contributed by atoms with E-state index >= 15 is 0 Å². The lowest BCUT2D eigenvalue weighted by Gasteiger charge is -2.23. The molecule has 0 aromatic heterocycles. The van der Waals surface area contributed by atoms with Crippen molar-refractivity contribution >= 4 is 11.8 Å². The Balaban J connectivity index is 1.79. The molecule has 0 aliphatic carbocycles. The second kappa shape index (κ2) is 9.07. The highest BCUT2D eigenvalue weighted by atomic mass is 16.5. The van der Waals surface area contributed by atoms with Crippen molar-refractivity contribution in [2.45, 2.75) is 32.6 Å². The lowest BCUT2D eigenvalue weighted by Crippen LogP contribution is -2.43. The normalized spacial score (nSPS) is 10.8. The van der Waals surface area contributed by atoms with E-state index in [9.17, 15) is 9.59 Å². The molecule has 0 radical (unpaired) electrons. The fourth-order valence-electron chi connectivity index (χ4n) is 2.33. The molecule has 2 amide bonds. The first-order valence-electron chi connectivity index (χ1n) is 8.82. The van der Waals surface area contributed by atoms with E-state index in [4.69, 9.17) is 9.47 Å². The van der Waals surface area contributed by atoms with E-state index in [0.717, 1.165) is 6.42 Å². The molecule has 2 aromatic rings. The Kier molecular flexibility index (Phi) is 6.82. The summed E-state index contributed by atoms with van der Waals surface area (Å²) in [7, 11) is 1.55. The Morgan fingerprint density at radius 1 is 0.926 bits per heavy atom. The van der Waals surface area contributed by atoms with Gasteiger partial charge in [0.25, 0.3) is 11.8 Å². The van der Waals surface area contributed by atoms with Crippen molar-refractivity contribution in [3.63, 3.8) is 0 Å². The van der Waals surface area contributed by atoms with Gasteiger partial charge in [-0.25, -0.2) is 0 Å². The van der Waals surface area contributed by atoms with Gasteiger partial charge in [-0.05, 0) is 53.8 Å². The number of methoxy groups -OCH3 is 1. The number of hydrazine groups is 1. The van der Waals surface area contributed by atoms with E-state index in [1.165, 1.54) is 5.56 Å². The topological polar surface area (TPSA) is 76.7 Å². The largest absolute Gasteiger partial charge is 0.497 e. The zero-order chi connectivity index (χ0) is 19.9. The van der Waals surface area contributed by atoms with E-state index in [1.54, 1.807) is 31.4 Å². The highest BCUT2D eigenvalue weighted by molar-refractivity contribution is 5.95. The highest BCUT2D eigenvalue weighted by Crippen LogP contribution is 2.27. The molecule has 6 heteroatoms. The van der Waals surface area contributed by atoms with Crippen LogP contribution in [0.15, 0.2) is 48.5 Å². The van der Waals surface area contributed by atoms with Crippen molar-refractivity contribution < 1.29 is 19.1 Å². The molecule has 2 rings (SSSR count). The molecular weight excluding hydrogens is 344 g/mol. The molecule has 0 bridgehead atoms. The van der Waals surface area contributed by atoms with Crippen LogP contribution in [-0.4, -0.2) is 25.5 Å². The second-order valence-electron chi connectivity index (χ2n) is 6.78. The number of benzene rings is 2. The monoisotopic (exact) mass is 370 g/mol. The average molecular weight is 370 g/mol. The molecule has 0 saturated heterocycles. The van der Waals surface area contributed by atoms with Crippen LogP contribution in [0.4, 0.5) is 0 Å². The molecule has 6 nitrogen and oxygen atoms in total. The fourth-order valence-corrected chi connectivity index (χ4v) is 2.33. The maximum Gasteiger partial charge on any atom is 0.276 e. The summed E-state index contributed by atoms with van der Waals surface area (Å²) in [6.45, 7) is 6.32. The van der Waals surface area contributed by atoms with Gasteiger partial charge in [0.1, 0.15) is 11.5 Å². The number of carbonyl (C=O) groups is 2. The van der Waals surface area contributed by atoms with Crippen LogP contribution in [0, 0.1) is 0 Å². The van der Waals surface area contributed by atoms with Crippen molar-refractivity contribution in [3.05, 3.63) is 59.7 Å². The van der Waals surface area contributed by atoms with Gasteiger partial charge in [0, 0.05) is 5.56 Å². The molecule has 0 saturated carbocycles. The molecule has 0 aliphatic heterocycles. The molecule has 0 heterocycles. The third-order valence-corrected chi connectivity index (χ3v) is 4.56. The van der Waals surface area contributed by atoms with Crippen molar-refractivity contribution in [2.75, 3.05) is 13.7 Å².